The summed E-state index contributed by atoms with van der Waals surface area (Å²) in [5.41, 5.74) is 5.52. The molecule has 0 aromatic carbocycles. The topological polar surface area (TPSA) is 260 Å². The average molecular weight is 538 g/mol. The molecule has 0 spiro atoms. The first-order chi connectivity index (χ1) is 15.1. The number of phosphoric ester groups is 1. The Kier molecular flexibility index (Phi) is 7.32. The third-order valence-electron chi connectivity index (χ3n) is 4.22. The standard InChI is InChI=1S/C12H18FN4O13P3/c13-8-9(18)7(4-27-32(23,24)30-33(25,26)29-31(20,21)22)28-10(8)5-2-1-3-6-11(19)15-12(14)16-17(5)6/h2-3,7-10,18H,1,4H2,(H,23,24)(H,25,26)(H2,20,21,22)(H3,14,15,16,19)/t7-,8-,9-,10+/m1/s1. The minimum Gasteiger partial charge on any atom is -0.387 e. The normalized spacial score (nSPS) is 31.5. The molecule has 0 aliphatic carbocycles. The maximum atomic E-state index is 14.8. The van der Waals surface area contributed by atoms with Crippen LogP contribution in [-0.4, -0.2) is 72.6 Å². The molecule has 3 heterocycles. The molecular weight excluding hydrogens is 520 g/mol. The molecule has 2 unspecified atom stereocenters. The number of nitrogens with one attached hydrogen (secondary N) is 1. The number of amides is 1. The maximum absolute atomic E-state index is 14.8. The fourth-order valence-corrected chi connectivity index (χ4v) is 6.05. The van der Waals surface area contributed by atoms with E-state index in [1.165, 1.54) is 12.2 Å². The lowest BCUT2D eigenvalue weighted by Crippen LogP contribution is -2.49. The molecule has 1 saturated heterocycles. The van der Waals surface area contributed by atoms with Crippen LogP contribution in [-0.2, 0) is 36.4 Å². The van der Waals surface area contributed by atoms with Gasteiger partial charge in [0.2, 0.25) is 5.96 Å². The van der Waals surface area contributed by atoms with Crippen molar-refractivity contribution in [3.63, 3.8) is 0 Å². The number of aliphatic hydroxyl groups is 1. The van der Waals surface area contributed by atoms with Gasteiger partial charge in [0.05, 0.1) is 12.3 Å². The molecular formula is C12H18FN4O13P3. The lowest BCUT2D eigenvalue weighted by Gasteiger charge is -2.33. The monoisotopic (exact) mass is 538 g/mol. The van der Waals surface area contributed by atoms with Crippen LogP contribution >= 0.6 is 23.5 Å². The summed E-state index contributed by atoms with van der Waals surface area (Å²) < 4.78 is 65.4. The van der Waals surface area contributed by atoms with Gasteiger partial charge < -0.3 is 35.2 Å². The molecule has 1 amide bonds. The van der Waals surface area contributed by atoms with E-state index in [4.69, 9.17) is 25.2 Å². The van der Waals surface area contributed by atoms with Gasteiger partial charge in [-0.3, -0.25) is 14.6 Å². The summed E-state index contributed by atoms with van der Waals surface area (Å²) in [5, 5.41) is 17.3. The number of hydrazone groups is 1. The van der Waals surface area contributed by atoms with E-state index in [1.54, 1.807) is 0 Å². The molecule has 6 atom stereocenters. The second kappa shape index (κ2) is 9.26. The van der Waals surface area contributed by atoms with Gasteiger partial charge in [-0.15, -0.1) is 5.10 Å². The van der Waals surface area contributed by atoms with Gasteiger partial charge in [0.25, 0.3) is 5.91 Å². The highest BCUT2D eigenvalue weighted by Crippen LogP contribution is 2.66. The van der Waals surface area contributed by atoms with Gasteiger partial charge in [-0.05, 0) is 12.5 Å². The number of hydrogen-bond donors (Lipinski definition) is 7. The van der Waals surface area contributed by atoms with Gasteiger partial charge in [0.15, 0.2) is 6.17 Å². The smallest absolute Gasteiger partial charge is 0.387 e. The van der Waals surface area contributed by atoms with E-state index in [9.17, 15) is 32.9 Å². The Morgan fingerprint density at radius 1 is 1.21 bits per heavy atom. The summed E-state index contributed by atoms with van der Waals surface area (Å²) in [5.74, 6) is -0.908. The van der Waals surface area contributed by atoms with Crippen LogP contribution in [0.4, 0.5) is 4.39 Å². The first kappa shape index (κ1) is 26.1. The second-order valence-corrected chi connectivity index (χ2v) is 11.0. The summed E-state index contributed by atoms with van der Waals surface area (Å²) in [6, 6.07) is 0. The van der Waals surface area contributed by atoms with Gasteiger partial charge in [0, 0.05) is 0 Å². The molecule has 0 aromatic rings. The Labute approximate surface area is 183 Å². The Bertz CT molecular complexity index is 1060. The van der Waals surface area contributed by atoms with Gasteiger partial charge in [-0.1, -0.05) is 6.08 Å². The number of aliphatic hydroxyl groups excluding tert-OH is 1. The number of nitrogens with two attached hydrogens (primary N) is 1. The molecule has 0 radical (unpaired) electrons. The third-order valence-corrected chi connectivity index (χ3v) is 8.02. The fourth-order valence-electron chi connectivity index (χ4n) is 3.02. The highest BCUT2D eigenvalue weighted by atomic mass is 31.3. The largest absolute Gasteiger partial charge is 0.490 e. The zero-order valence-electron chi connectivity index (χ0n) is 16.1. The van der Waals surface area contributed by atoms with Crippen LogP contribution < -0.4 is 11.1 Å². The SMILES string of the molecule is NC1=NN2C(=CCC=C2[C@@H]2O[C@H](COP(=O)(O)OP(=O)(O)OP(=O)(O)O)[C@@H](O)[C@H]2F)C(=O)N1. The number of fused-ring (bicyclic) bond motifs is 1. The molecule has 17 nitrogen and oxygen atoms in total. The van der Waals surface area contributed by atoms with E-state index in [0.29, 0.717) is 0 Å². The molecule has 0 bridgehead atoms. The molecule has 33 heavy (non-hydrogen) atoms. The molecule has 186 valence electrons. The number of allylic oxidation sites excluding steroid dienone is 2. The molecule has 0 saturated carbocycles. The van der Waals surface area contributed by atoms with E-state index < -0.39 is 60.5 Å². The number of alkyl halides is 1. The van der Waals surface area contributed by atoms with Crippen molar-refractivity contribution in [2.45, 2.75) is 30.9 Å². The van der Waals surface area contributed by atoms with Crippen LogP contribution in [0.15, 0.2) is 28.6 Å². The molecule has 3 aliphatic rings. The molecule has 0 aromatic heterocycles. The van der Waals surface area contributed by atoms with Gasteiger partial charge in [-0.25, -0.2) is 23.1 Å². The minimum atomic E-state index is -5.75. The van der Waals surface area contributed by atoms with E-state index in [1.807, 2.05) is 0 Å². The Morgan fingerprint density at radius 2 is 1.88 bits per heavy atom. The quantitative estimate of drug-likeness (QED) is 0.176. The van der Waals surface area contributed by atoms with E-state index >= 15 is 0 Å². The van der Waals surface area contributed by atoms with Crippen molar-refractivity contribution in [1.29, 1.82) is 0 Å². The van der Waals surface area contributed by atoms with Crippen molar-refractivity contribution in [2.75, 3.05) is 6.61 Å². The van der Waals surface area contributed by atoms with E-state index in [-0.39, 0.29) is 23.8 Å². The van der Waals surface area contributed by atoms with Crippen molar-refractivity contribution in [3.05, 3.63) is 23.5 Å². The predicted octanol–water partition coefficient (Wildman–Crippen LogP) is -1.37. The zero-order chi connectivity index (χ0) is 24.8. The number of carbonyl (C=O) groups excluding carboxylic acids is 1. The van der Waals surface area contributed by atoms with Crippen molar-refractivity contribution in [1.82, 2.24) is 10.3 Å². The lowest BCUT2D eigenvalue weighted by atomic mass is 10.0. The molecule has 8 N–H and O–H groups in total. The number of guanidine groups is 1. The number of phosphoric acid groups is 3. The number of hydrogen-bond acceptors (Lipinski definition) is 12. The highest BCUT2D eigenvalue weighted by Gasteiger charge is 2.50. The fraction of sp³-hybridized carbons (Fsp3) is 0.500. The predicted molar refractivity (Wildman–Crippen MR) is 102 cm³/mol. The number of nitrogens with zero attached hydrogens (tertiary/aromatic N) is 2. The molecule has 21 heteroatoms. The number of ether oxygens (including phenoxy) is 1. The van der Waals surface area contributed by atoms with E-state index in [0.717, 1.165) is 5.01 Å². The Morgan fingerprint density at radius 3 is 2.52 bits per heavy atom. The van der Waals surface area contributed by atoms with Gasteiger partial charge in [-0.2, -0.15) is 8.62 Å². The molecule has 3 aliphatic heterocycles. The van der Waals surface area contributed by atoms with Crippen LogP contribution in [0.25, 0.3) is 0 Å². The van der Waals surface area contributed by atoms with Crippen LogP contribution in [0, 0.1) is 0 Å². The summed E-state index contributed by atoms with van der Waals surface area (Å²) in [6.07, 6.45) is -4.12. The summed E-state index contributed by atoms with van der Waals surface area (Å²) >= 11 is 0. The van der Waals surface area contributed by atoms with Crippen LogP contribution in [0.2, 0.25) is 0 Å². The third kappa shape index (κ3) is 6.33. The summed E-state index contributed by atoms with van der Waals surface area (Å²) in [7, 11) is -16.8. The Balaban J connectivity index is 1.68. The number of carbonyl (C=O) groups is 1. The average Bonchev–Trinajstić information content (AvgIpc) is 2.91. The minimum absolute atomic E-state index is 0.00214. The van der Waals surface area contributed by atoms with Crippen molar-refractivity contribution in [3.8, 4) is 0 Å². The number of halogens is 1. The van der Waals surface area contributed by atoms with Crippen molar-refractivity contribution in [2.24, 2.45) is 10.8 Å². The maximum Gasteiger partial charge on any atom is 0.490 e. The zero-order valence-corrected chi connectivity index (χ0v) is 18.8. The molecule has 1 fully saturated rings. The highest BCUT2D eigenvalue weighted by molar-refractivity contribution is 7.66. The van der Waals surface area contributed by atoms with E-state index in [2.05, 4.69) is 23.6 Å². The lowest BCUT2D eigenvalue weighted by molar-refractivity contribution is -0.118. The van der Waals surface area contributed by atoms with Crippen molar-refractivity contribution < 1.29 is 65.4 Å². The first-order valence-electron chi connectivity index (χ1n) is 8.70. The first-order valence-corrected chi connectivity index (χ1v) is 13.2. The van der Waals surface area contributed by atoms with Crippen LogP contribution in [0.5, 0.6) is 0 Å². The molecule has 3 rings (SSSR count). The van der Waals surface area contributed by atoms with Gasteiger partial charge in [0.1, 0.15) is 24.0 Å². The number of rotatable bonds is 8. The van der Waals surface area contributed by atoms with Crippen LogP contribution in [0.1, 0.15) is 6.42 Å². The van der Waals surface area contributed by atoms with Gasteiger partial charge >= 0.3 is 23.5 Å². The Hall–Kier alpha value is -1.52. The second-order valence-electron chi connectivity index (χ2n) is 6.62. The van der Waals surface area contributed by atoms with Crippen molar-refractivity contribution >= 4 is 35.3 Å². The summed E-state index contributed by atoms with van der Waals surface area (Å²) in [4.78, 5) is 47.7. The summed E-state index contributed by atoms with van der Waals surface area (Å²) in [6.45, 7) is -1.07. The van der Waals surface area contributed by atoms with Crippen LogP contribution in [0.3, 0.4) is 0 Å².